The Labute approximate surface area is 201 Å². The summed E-state index contributed by atoms with van der Waals surface area (Å²) in [6.45, 7) is 1.85. The van der Waals surface area contributed by atoms with Crippen LogP contribution in [-0.4, -0.2) is 50.3 Å². The van der Waals surface area contributed by atoms with Crippen molar-refractivity contribution >= 4 is 17.5 Å². The molecule has 9 heteroatoms. The molecule has 184 valence electrons. The number of likely N-dealkylation sites (tertiary alicyclic amines) is 1. The minimum Gasteiger partial charge on any atom is -0.356 e. The number of nitrogens with one attached hydrogen (secondary N) is 1. The molecule has 1 amide bonds. The number of piperidine rings is 2. The van der Waals surface area contributed by atoms with E-state index < -0.39 is 17.7 Å². The van der Waals surface area contributed by atoms with Gasteiger partial charge < -0.3 is 15.0 Å². The minimum absolute atomic E-state index is 0.0850. The zero-order valence-corrected chi connectivity index (χ0v) is 19.6. The molecule has 2 aliphatic rings. The molecule has 0 unspecified atom stereocenters. The van der Waals surface area contributed by atoms with Gasteiger partial charge in [-0.1, -0.05) is 35.9 Å². The molecule has 0 aliphatic carbocycles. The van der Waals surface area contributed by atoms with Crippen LogP contribution in [0.25, 0.3) is 0 Å². The summed E-state index contributed by atoms with van der Waals surface area (Å²) >= 11 is 5.95. The molecule has 2 aromatic carbocycles. The normalized spacial score (nSPS) is 22.4. The van der Waals surface area contributed by atoms with Crippen molar-refractivity contribution in [3.05, 3.63) is 70.5 Å². The lowest BCUT2D eigenvalue weighted by Crippen LogP contribution is -2.59. The third-order valence-electron chi connectivity index (χ3n) is 7.44. The molecule has 1 N–H and O–H groups in total. The predicted octanol–water partition coefficient (Wildman–Crippen LogP) is 5.27. The number of benzene rings is 2. The number of hydrogen-bond donors (Lipinski definition) is 1. The summed E-state index contributed by atoms with van der Waals surface area (Å²) in [6, 6.07) is 11.6. The lowest BCUT2D eigenvalue weighted by atomic mass is 9.62. The molecular weight excluding hydrogens is 472 g/mol. The molecule has 34 heavy (non-hydrogen) atoms. The van der Waals surface area contributed by atoms with Gasteiger partial charge >= 0.3 is 6.18 Å². The van der Waals surface area contributed by atoms with Gasteiger partial charge in [0.25, 0.3) is 11.5 Å². The van der Waals surface area contributed by atoms with E-state index in [0.717, 1.165) is 31.7 Å². The van der Waals surface area contributed by atoms with Crippen LogP contribution in [0, 0.1) is 11.2 Å². The SMILES string of the molecule is CO[C@](C(=O)N1CCC2(CCNC[C@H]2c2ccc(F)cc2)CC1)(c1cccc(Cl)c1)C(F)(F)F. The third kappa shape index (κ3) is 4.32. The third-order valence-corrected chi connectivity index (χ3v) is 7.68. The molecular formula is C25H27ClF4N2O2. The zero-order valence-electron chi connectivity index (χ0n) is 18.8. The highest BCUT2D eigenvalue weighted by Gasteiger charge is 2.64. The first-order chi connectivity index (χ1) is 16.1. The van der Waals surface area contributed by atoms with Crippen molar-refractivity contribution in [3.8, 4) is 0 Å². The Balaban J connectivity index is 1.60. The van der Waals surface area contributed by atoms with Gasteiger partial charge in [-0.05, 0) is 61.1 Å². The average molecular weight is 499 g/mol. The fourth-order valence-electron chi connectivity index (χ4n) is 5.55. The fraction of sp³-hybridized carbons (Fsp3) is 0.480. The molecule has 1 spiro atoms. The molecule has 2 aromatic rings. The quantitative estimate of drug-likeness (QED) is 0.584. The number of alkyl halides is 3. The van der Waals surface area contributed by atoms with Gasteiger partial charge in [-0.3, -0.25) is 4.79 Å². The standard InChI is InChI=1S/C25H27ClF4N2O2/c1-34-24(25(28,29)30,18-3-2-4-19(26)15-18)22(33)32-13-10-23(11-14-32)9-12-31-16-21(23)17-5-7-20(27)8-6-17/h2-8,15,21,31H,9-14,16H2,1H3/t21-,24-/m0/s1. The van der Waals surface area contributed by atoms with Crippen LogP contribution in [0.15, 0.2) is 48.5 Å². The van der Waals surface area contributed by atoms with Gasteiger partial charge in [0.05, 0.1) is 0 Å². The van der Waals surface area contributed by atoms with Gasteiger partial charge in [-0.2, -0.15) is 13.2 Å². The second kappa shape index (κ2) is 9.47. The fourth-order valence-corrected chi connectivity index (χ4v) is 5.74. The van der Waals surface area contributed by atoms with Crippen molar-refractivity contribution in [3.63, 3.8) is 0 Å². The van der Waals surface area contributed by atoms with Gasteiger partial charge in [0.2, 0.25) is 0 Å². The Morgan fingerprint density at radius 2 is 1.79 bits per heavy atom. The molecule has 2 aliphatic heterocycles. The summed E-state index contributed by atoms with van der Waals surface area (Å²) < 4.78 is 61.7. The molecule has 2 atom stereocenters. The minimum atomic E-state index is -4.98. The summed E-state index contributed by atoms with van der Waals surface area (Å²) in [6.07, 6.45) is -3.05. The van der Waals surface area contributed by atoms with E-state index in [0.29, 0.717) is 19.4 Å². The largest absolute Gasteiger partial charge is 0.430 e. The van der Waals surface area contributed by atoms with E-state index in [-0.39, 0.29) is 40.8 Å². The van der Waals surface area contributed by atoms with Gasteiger partial charge in [-0.15, -0.1) is 0 Å². The number of rotatable bonds is 4. The first-order valence-corrected chi connectivity index (χ1v) is 11.6. The number of carbonyl (C=O) groups is 1. The van der Waals surface area contributed by atoms with Crippen molar-refractivity contribution in [2.24, 2.45) is 5.41 Å². The number of methoxy groups -OCH3 is 1. The van der Waals surface area contributed by atoms with Gasteiger partial charge in [0.1, 0.15) is 5.82 Å². The van der Waals surface area contributed by atoms with Crippen LogP contribution >= 0.6 is 11.6 Å². The Kier molecular flexibility index (Phi) is 6.95. The Bertz CT molecular complexity index is 1020. The zero-order chi connectivity index (χ0) is 24.6. The Morgan fingerprint density at radius 1 is 1.12 bits per heavy atom. The molecule has 0 radical (unpaired) electrons. The van der Waals surface area contributed by atoms with Crippen LogP contribution in [0.4, 0.5) is 17.6 Å². The molecule has 2 saturated heterocycles. The molecule has 2 heterocycles. The van der Waals surface area contributed by atoms with Gasteiger partial charge in [-0.25, -0.2) is 4.39 Å². The molecule has 0 bridgehead atoms. The molecule has 2 fully saturated rings. The lowest BCUT2D eigenvalue weighted by molar-refractivity contribution is -0.271. The molecule has 4 rings (SSSR count). The van der Waals surface area contributed by atoms with Crippen LogP contribution in [0.5, 0.6) is 0 Å². The summed E-state index contributed by atoms with van der Waals surface area (Å²) in [5.41, 5.74) is -2.66. The first-order valence-electron chi connectivity index (χ1n) is 11.3. The van der Waals surface area contributed by atoms with Crippen LogP contribution < -0.4 is 5.32 Å². The lowest BCUT2D eigenvalue weighted by Gasteiger charge is -2.50. The number of nitrogens with zero attached hydrogens (tertiary/aromatic N) is 1. The van der Waals surface area contributed by atoms with Crippen LogP contribution in [0.1, 0.15) is 36.3 Å². The summed E-state index contributed by atoms with van der Waals surface area (Å²) in [7, 11) is 0.898. The second-order valence-electron chi connectivity index (χ2n) is 9.11. The van der Waals surface area contributed by atoms with Gasteiger partial charge in [0.15, 0.2) is 0 Å². The second-order valence-corrected chi connectivity index (χ2v) is 9.54. The first kappa shape index (κ1) is 24.9. The van der Waals surface area contributed by atoms with Crippen molar-refractivity contribution in [1.82, 2.24) is 10.2 Å². The van der Waals surface area contributed by atoms with Crippen LogP contribution in [0.2, 0.25) is 5.02 Å². The molecule has 0 aromatic heterocycles. The van der Waals surface area contributed by atoms with E-state index in [4.69, 9.17) is 16.3 Å². The van der Waals surface area contributed by atoms with Crippen molar-refractivity contribution < 1.29 is 27.1 Å². The Morgan fingerprint density at radius 3 is 2.38 bits per heavy atom. The number of halogens is 5. The number of ether oxygens (including phenoxy) is 1. The monoisotopic (exact) mass is 498 g/mol. The maximum Gasteiger partial charge on any atom is 0.430 e. The van der Waals surface area contributed by atoms with E-state index >= 15 is 0 Å². The molecule has 4 nitrogen and oxygen atoms in total. The van der Waals surface area contributed by atoms with E-state index in [1.165, 1.54) is 35.2 Å². The van der Waals surface area contributed by atoms with E-state index in [2.05, 4.69) is 5.32 Å². The highest BCUT2D eigenvalue weighted by atomic mass is 35.5. The van der Waals surface area contributed by atoms with Crippen molar-refractivity contribution in [1.29, 1.82) is 0 Å². The van der Waals surface area contributed by atoms with Crippen LogP contribution in [-0.2, 0) is 15.1 Å². The maximum absolute atomic E-state index is 14.4. The summed E-state index contributed by atoms with van der Waals surface area (Å²) in [4.78, 5) is 14.7. The van der Waals surface area contributed by atoms with Crippen molar-refractivity contribution in [2.45, 2.75) is 37.0 Å². The number of amides is 1. The summed E-state index contributed by atoms with van der Waals surface area (Å²) in [5.74, 6) is -1.36. The highest BCUT2D eigenvalue weighted by Crippen LogP contribution is 2.50. The van der Waals surface area contributed by atoms with E-state index in [9.17, 15) is 22.4 Å². The number of hydrogen-bond acceptors (Lipinski definition) is 3. The topological polar surface area (TPSA) is 41.6 Å². The maximum atomic E-state index is 14.4. The average Bonchev–Trinajstić information content (AvgIpc) is 2.80. The summed E-state index contributed by atoms with van der Waals surface area (Å²) in [5, 5.41) is 3.47. The van der Waals surface area contributed by atoms with Crippen LogP contribution in [0.3, 0.4) is 0 Å². The van der Waals surface area contributed by atoms with E-state index in [1.54, 1.807) is 12.1 Å². The predicted molar refractivity (Wildman–Crippen MR) is 121 cm³/mol. The molecule has 0 saturated carbocycles. The van der Waals surface area contributed by atoms with E-state index in [1.807, 2.05) is 0 Å². The highest BCUT2D eigenvalue weighted by molar-refractivity contribution is 6.30. The smallest absolute Gasteiger partial charge is 0.356 e. The van der Waals surface area contributed by atoms with Gasteiger partial charge in [0, 0.05) is 43.2 Å². The number of carbonyl (C=O) groups excluding carboxylic acids is 1. The van der Waals surface area contributed by atoms with Crippen molar-refractivity contribution in [2.75, 3.05) is 33.3 Å². The Hall–Kier alpha value is -2.16.